The Kier molecular flexibility index (Phi) is 4.54. The number of ketones is 1. The number of halogens is 3. The summed E-state index contributed by atoms with van der Waals surface area (Å²) in [7, 11) is 0. The Balaban J connectivity index is 3.02. The van der Waals surface area contributed by atoms with Crippen molar-refractivity contribution in [3.63, 3.8) is 0 Å². The Morgan fingerprint density at radius 1 is 1.60 bits per heavy atom. The molecule has 0 heterocycles. The number of alkyl halides is 2. The first-order valence-corrected chi connectivity index (χ1v) is 5.47. The molecule has 1 atom stereocenters. The van der Waals surface area contributed by atoms with E-state index < -0.39 is 11.7 Å². The van der Waals surface area contributed by atoms with Crippen LogP contribution >= 0.6 is 27.5 Å². The Bertz CT molecular complexity index is 370. The monoisotopic (exact) mass is 294 g/mol. The van der Waals surface area contributed by atoms with Gasteiger partial charge in [-0.3, -0.25) is 4.79 Å². The summed E-state index contributed by atoms with van der Waals surface area (Å²) in [6, 6.07) is 4.70. The van der Waals surface area contributed by atoms with Gasteiger partial charge in [-0.1, -0.05) is 27.5 Å². The van der Waals surface area contributed by atoms with E-state index in [1.54, 1.807) is 12.1 Å². The largest absolute Gasteiger partial charge is 0.463 e. The van der Waals surface area contributed by atoms with Crippen molar-refractivity contribution in [2.45, 2.75) is 11.8 Å². The third-order valence-corrected chi connectivity index (χ3v) is 3.16. The quantitative estimate of drug-likeness (QED) is 0.792. The van der Waals surface area contributed by atoms with E-state index in [-0.39, 0.29) is 5.78 Å². The lowest BCUT2D eigenvalue weighted by molar-refractivity contribution is -0.116. The summed E-state index contributed by atoms with van der Waals surface area (Å²) >= 11 is 9.01. The summed E-state index contributed by atoms with van der Waals surface area (Å²) in [5.41, 5.74) is 0.651. The van der Waals surface area contributed by atoms with E-state index in [0.29, 0.717) is 16.3 Å². The van der Waals surface area contributed by atoms with Gasteiger partial charge in [-0.25, -0.2) is 4.39 Å². The number of rotatable bonds is 4. The summed E-state index contributed by atoms with van der Waals surface area (Å²) in [5, 5.41) is 0.404. The first kappa shape index (κ1) is 12.5. The van der Waals surface area contributed by atoms with Gasteiger partial charge in [0, 0.05) is 5.02 Å². The topological polar surface area (TPSA) is 26.3 Å². The van der Waals surface area contributed by atoms with Crippen molar-refractivity contribution >= 4 is 33.3 Å². The minimum Gasteiger partial charge on any atom is -0.463 e. The van der Waals surface area contributed by atoms with E-state index in [4.69, 9.17) is 11.6 Å². The van der Waals surface area contributed by atoms with Gasteiger partial charge >= 0.3 is 0 Å². The van der Waals surface area contributed by atoms with Gasteiger partial charge in [0.15, 0.2) is 0 Å². The van der Waals surface area contributed by atoms with E-state index in [1.807, 2.05) is 0 Å². The number of hydrogen-bond acceptors (Lipinski definition) is 2. The fraction of sp³-hybridized carbons (Fsp3) is 0.300. The maximum absolute atomic E-state index is 12.0. The first-order valence-electron chi connectivity index (χ1n) is 4.18. The van der Waals surface area contributed by atoms with Gasteiger partial charge in [-0.2, -0.15) is 0 Å². The zero-order valence-electron chi connectivity index (χ0n) is 7.97. The molecule has 0 fully saturated rings. The molecule has 2 nitrogen and oxygen atoms in total. The summed E-state index contributed by atoms with van der Waals surface area (Å²) in [4.78, 5) is 10.7. The van der Waals surface area contributed by atoms with Gasteiger partial charge in [0.2, 0.25) is 6.86 Å². The summed E-state index contributed by atoms with van der Waals surface area (Å²) in [5.74, 6) is 0.258. The second-order valence-electron chi connectivity index (χ2n) is 2.95. The number of Topliss-reactive ketones (excluding diaryl/α,β-unsaturated/α-hetero) is 1. The van der Waals surface area contributed by atoms with Crippen LogP contribution in [0.2, 0.25) is 5.02 Å². The fourth-order valence-corrected chi connectivity index (χ4v) is 1.61. The molecule has 0 aliphatic carbocycles. The van der Waals surface area contributed by atoms with Gasteiger partial charge in [-0.05, 0) is 30.7 Å². The zero-order valence-corrected chi connectivity index (χ0v) is 10.3. The normalized spacial score (nSPS) is 12.3. The van der Waals surface area contributed by atoms with E-state index >= 15 is 0 Å². The maximum atomic E-state index is 12.0. The van der Waals surface area contributed by atoms with Gasteiger partial charge in [0.05, 0.1) is 4.83 Å². The molecule has 0 aliphatic heterocycles. The van der Waals surface area contributed by atoms with Crippen LogP contribution in [0.3, 0.4) is 0 Å². The number of benzene rings is 1. The van der Waals surface area contributed by atoms with Crippen molar-refractivity contribution in [1.82, 2.24) is 0 Å². The molecular weight excluding hydrogens is 286 g/mol. The highest BCUT2D eigenvalue weighted by Gasteiger charge is 2.14. The highest BCUT2D eigenvalue weighted by molar-refractivity contribution is 9.09. The SMILES string of the molecule is CC(=O)C(Br)c1cc(Cl)cc(OCF)c1. The molecule has 0 radical (unpaired) electrons. The molecule has 1 aromatic rings. The molecule has 0 amide bonds. The van der Waals surface area contributed by atoms with Crippen LogP contribution in [0.25, 0.3) is 0 Å². The van der Waals surface area contributed by atoms with Crippen LogP contribution in [0.15, 0.2) is 18.2 Å². The van der Waals surface area contributed by atoms with Gasteiger partial charge in [-0.15, -0.1) is 0 Å². The molecule has 0 N–H and O–H groups in total. The van der Waals surface area contributed by atoms with Gasteiger partial charge < -0.3 is 4.74 Å². The minimum atomic E-state index is -0.924. The molecule has 1 unspecified atom stereocenters. The Morgan fingerprint density at radius 3 is 2.80 bits per heavy atom. The predicted molar refractivity (Wildman–Crippen MR) is 60.4 cm³/mol. The number of carbonyl (C=O) groups excluding carboxylic acids is 1. The average molecular weight is 296 g/mol. The molecule has 5 heteroatoms. The summed E-state index contributed by atoms with van der Waals surface area (Å²) in [6.45, 7) is 0.531. The van der Waals surface area contributed by atoms with Crippen LogP contribution in [-0.2, 0) is 4.79 Å². The smallest absolute Gasteiger partial charge is 0.228 e. The highest BCUT2D eigenvalue weighted by Crippen LogP contribution is 2.30. The van der Waals surface area contributed by atoms with Crippen LogP contribution in [0.4, 0.5) is 4.39 Å². The van der Waals surface area contributed by atoms with Gasteiger partial charge in [0.25, 0.3) is 0 Å². The van der Waals surface area contributed by atoms with E-state index in [0.717, 1.165) is 0 Å². The molecule has 1 rings (SSSR count). The number of hydrogen-bond donors (Lipinski definition) is 0. The lowest BCUT2D eigenvalue weighted by Gasteiger charge is -2.09. The second kappa shape index (κ2) is 5.47. The minimum absolute atomic E-state index is 0.0523. The van der Waals surface area contributed by atoms with Crippen molar-refractivity contribution in [1.29, 1.82) is 0 Å². The predicted octanol–water partition coefficient (Wildman–Crippen LogP) is 3.67. The highest BCUT2D eigenvalue weighted by atomic mass is 79.9. The van der Waals surface area contributed by atoms with Crippen LogP contribution in [0.1, 0.15) is 17.3 Å². The number of ether oxygens (including phenoxy) is 1. The fourth-order valence-electron chi connectivity index (χ4n) is 1.11. The van der Waals surface area contributed by atoms with Crippen molar-refractivity contribution in [3.8, 4) is 5.75 Å². The summed E-state index contributed by atoms with van der Waals surface area (Å²) in [6.07, 6.45) is 0. The maximum Gasteiger partial charge on any atom is 0.228 e. The van der Waals surface area contributed by atoms with E-state index in [1.165, 1.54) is 13.0 Å². The lowest BCUT2D eigenvalue weighted by atomic mass is 10.1. The standard InChI is InChI=1S/C10H9BrClFO2/c1-6(14)10(11)7-2-8(12)4-9(3-7)15-5-13/h2-4,10H,5H2,1H3. The molecule has 0 aliphatic rings. The van der Waals surface area contributed by atoms with Crippen LogP contribution < -0.4 is 4.74 Å². The van der Waals surface area contributed by atoms with Crippen molar-refractivity contribution in [2.75, 3.05) is 6.86 Å². The third kappa shape index (κ3) is 3.47. The van der Waals surface area contributed by atoms with Gasteiger partial charge in [0.1, 0.15) is 11.5 Å². The third-order valence-electron chi connectivity index (χ3n) is 1.76. The molecule has 0 spiro atoms. The Morgan fingerprint density at radius 2 is 2.27 bits per heavy atom. The Hall–Kier alpha value is -0.610. The molecule has 82 valence electrons. The van der Waals surface area contributed by atoms with Crippen molar-refractivity contribution in [2.24, 2.45) is 0 Å². The summed E-state index contributed by atoms with van der Waals surface area (Å²) < 4.78 is 16.6. The zero-order chi connectivity index (χ0) is 11.4. The Labute approximate surface area is 101 Å². The molecule has 15 heavy (non-hydrogen) atoms. The molecule has 1 aromatic carbocycles. The van der Waals surface area contributed by atoms with Crippen LogP contribution in [-0.4, -0.2) is 12.6 Å². The molecular formula is C10H9BrClFO2. The van der Waals surface area contributed by atoms with Crippen LogP contribution in [0.5, 0.6) is 5.75 Å². The first-order chi connectivity index (χ1) is 7.04. The van der Waals surface area contributed by atoms with Crippen molar-refractivity contribution in [3.05, 3.63) is 28.8 Å². The average Bonchev–Trinajstić information content (AvgIpc) is 2.16. The van der Waals surface area contributed by atoms with Crippen LogP contribution in [0, 0.1) is 0 Å². The van der Waals surface area contributed by atoms with E-state index in [2.05, 4.69) is 20.7 Å². The van der Waals surface area contributed by atoms with Crippen molar-refractivity contribution < 1.29 is 13.9 Å². The number of carbonyl (C=O) groups is 1. The molecule has 0 saturated heterocycles. The molecule has 0 aromatic heterocycles. The van der Waals surface area contributed by atoms with E-state index in [9.17, 15) is 9.18 Å². The molecule has 0 saturated carbocycles. The lowest BCUT2D eigenvalue weighted by Crippen LogP contribution is -2.01. The molecule has 0 bridgehead atoms. The second-order valence-corrected chi connectivity index (χ2v) is 4.30.